The van der Waals surface area contributed by atoms with Crippen molar-refractivity contribution in [1.29, 1.82) is 0 Å². The molecule has 1 fully saturated rings. The van der Waals surface area contributed by atoms with Gasteiger partial charge in [0.15, 0.2) is 0 Å². The molecule has 272 valence electrons. The van der Waals surface area contributed by atoms with E-state index >= 15 is 0 Å². The largest absolute Gasteiger partial charge is 0.490 e. The summed E-state index contributed by atoms with van der Waals surface area (Å²) in [7, 11) is 0. The lowest BCUT2D eigenvalue weighted by atomic mass is 10.2. The fourth-order valence-electron chi connectivity index (χ4n) is 3.88. The summed E-state index contributed by atoms with van der Waals surface area (Å²) in [5, 5.41) is 21.4. The molecule has 1 unspecified atom stereocenters. The Morgan fingerprint density at radius 1 is 0.800 bits per heavy atom. The number of aliphatic carboxylic acids is 3. The second-order valence-corrected chi connectivity index (χ2v) is 9.81. The van der Waals surface area contributed by atoms with Crippen LogP contribution in [0, 0.1) is 6.92 Å². The molecule has 21 heteroatoms. The molecular weight excluding hydrogens is 701 g/mol. The Kier molecular flexibility index (Phi) is 14.2. The summed E-state index contributed by atoms with van der Waals surface area (Å²) in [6, 6.07) is 16.4. The van der Waals surface area contributed by atoms with Crippen LogP contribution in [-0.4, -0.2) is 95.7 Å². The zero-order valence-corrected chi connectivity index (χ0v) is 25.4. The van der Waals surface area contributed by atoms with Gasteiger partial charge < -0.3 is 20.1 Å². The van der Waals surface area contributed by atoms with Crippen LogP contribution in [0.3, 0.4) is 0 Å². The Balaban J connectivity index is 0.000000338. The van der Waals surface area contributed by atoms with Crippen molar-refractivity contribution in [2.45, 2.75) is 38.1 Å². The smallest absolute Gasteiger partial charge is 0.475 e. The number of ether oxygens (including phenoxy) is 1. The lowest BCUT2D eigenvalue weighted by Gasteiger charge is -2.31. The third kappa shape index (κ3) is 13.3. The molecule has 4 aromatic rings. The van der Waals surface area contributed by atoms with Crippen LogP contribution in [0.1, 0.15) is 23.2 Å². The van der Waals surface area contributed by atoms with Crippen molar-refractivity contribution in [3.63, 3.8) is 0 Å². The molecule has 0 saturated carbocycles. The van der Waals surface area contributed by atoms with E-state index in [9.17, 15) is 39.5 Å². The quantitative estimate of drug-likeness (QED) is 0.225. The molecule has 0 aliphatic carbocycles. The van der Waals surface area contributed by atoms with Crippen LogP contribution in [-0.2, 0) is 25.7 Å². The first-order valence-corrected chi connectivity index (χ1v) is 13.6. The van der Waals surface area contributed by atoms with E-state index in [0.29, 0.717) is 6.61 Å². The Hall–Kier alpha value is -5.31. The minimum absolute atomic E-state index is 0.0428. The fourth-order valence-corrected chi connectivity index (χ4v) is 3.88. The van der Waals surface area contributed by atoms with Gasteiger partial charge in [-0.25, -0.2) is 19.4 Å². The highest BCUT2D eigenvalue weighted by atomic mass is 19.4. The van der Waals surface area contributed by atoms with E-state index in [1.165, 1.54) is 0 Å². The molecule has 0 amide bonds. The number of imidazole rings is 1. The van der Waals surface area contributed by atoms with Gasteiger partial charge in [0.1, 0.15) is 11.8 Å². The minimum Gasteiger partial charge on any atom is -0.475 e. The van der Waals surface area contributed by atoms with Crippen LogP contribution in [0.2, 0.25) is 0 Å². The van der Waals surface area contributed by atoms with E-state index in [4.69, 9.17) is 39.4 Å². The van der Waals surface area contributed by atoms with E-state index < -0.39 is 36.4 Å². The molecule has 12 nitrogen and oxygen atoms in total. The Morgan fingerprint density at radius 3 is 1.82 bits per heavy atom. The van der Waals surface area contributed by atoms with E-state index in [-0.39, 0.29) is 6.10 Å². The van der Waals surface area contributed by atoms with Crippen LogP contribution in [0.4, 0.5) is 39.5 Å². The van der Waals surface area contributed by atoms with Crippen LogP contribution in [0.15, 0.2) is 67.1 Å². The molecule has 4 aromatic heterocycles. The van der Waals surface area contributed by atoms with Gasteiger partial charge in [0.25, 0.3) is 0 Å². The summed E-state index contributed by atoms with van der Waals surface area (Å²) in [6.45, 7) is 5.27. The number of alkyl halides is 9. The lowest BCUT2D eigenvalue weighted by molar-refractivity contribution is -0.193. The molecule has 0 bridgehead atoms. The number of carbonyl (C=O) groups is 3. The number of rotatable bonds is 4. The molecule has 1 saturated heterocycles. The molecule has 1 aliphatic rings. The van der Waals surface area contributed by atoms with Gasteiger partial charge in [0.2, 0.25) is 0 Å². The van der Waals surface area contributed by atoms with Gasteiger partial charge in [-0.1, -0.05) is 12.1 Å². The summed E-state index contributed by atoms with van der Waals surface area (Å²) >= 11 is 0. The molecule has 0 aromatic carbocycles. The zero-order chi connectivity index (χ0) is 37.9. The van der Waals surface area contributed by atoms with Crippen molar-refractivity contribution >= 4 is 23.6 Å². The fraction of sp³-hybridized carbons (Fsp3) is 0.310. The molecule has 50 heavy (non-hydrogen) atoms. The van der Waals surface area contributed by atoms with Crippen LogP contribution in [0.5, 0.6) is 0 Å². The molecule has 3 N–H and O–H groups in total. The minimum atomic E-state index is -5.08. The molecule has 5 rings (SSSR count). The van der Waals surface area contributed by atoms with E-state index in [1.807, 2.05) is 49.6 Å². The summed E-state index contributed by atoms with van der Waals surface area (Å²) in [5.41, 5.74) is 6.26. The van der Waals surface area contributed by atoms with E-state index in [2.05, 4.69) is 43.7 Å². The zero-order valence-electron chi connectivity index (χ0n) is 25.4. The van der Waals surface area contributed by atoms with Gasteiger partial charge in [-0.15, -0.1) is 0 Å². The number of aromatic nitrogens is 4. The van der Waals surface area contributed by atoms with Crippen molar-refractivity contribution in [1.82, 2.24) is 24.3 Å². The molecule has 1 atom stereocenters. The average molecular weight is 728 g/mol. The number of nitrogens with zero attached hydrogens (tertiary/aromatic N) is 5. The first-order chi connectivity index (χ1) is 23.1. The van der Waals surface area contributed by atoms with Gasteiger partial charge in [-0.3, -0.25) is 19.3 Å². The molecule has 1 aliphatic heterocycles. The number of pyridine rings is 3. The standard InChI is InChI=1S/C23H23N5O.3C2HF3O2/c1-17-4-2-5-19(25-17)14-27-12-13-29-22(16-27)20-15-28-21(6-3-7-23(28)26-20)18-8-10-24-11-9-18;3*3-2(4,5)1(6)7/h2-11,15,22H,12-14,16H2,1H3;3*(H,6,7). The first kappa shape index (κ1) is 40.9. The van der Waals surface area contributed by atoms with E-state index in [0.717, 1.165) is 53.6 Å². The van der Waals surface area contributed by atoms with Crippen molar-refractivity contribution in [2.75, 3.05) is 19.7 Å². The summed E-state index contributed by atoms with van der Waals surface area (Å²) in [6.07, 6.45) is -9.57. The van der Waals surface area contributed by atoms with Crippen LogP contribution < -0.4 is 0 Å². The number of aryl methyl sites for hydroxylation is 1. The number of hydrogen-bond acceptors (Lipinski definition) is 8. The number of carboxylic acids is 3. The summed E-state index contributed by atoms with van der Waals surface area (Å²) in [4.78, 5) is 42.7. The van der Waals surface area contributed by atoms with Crippen LogP contribution >= 0.6 is 0 Å². The lowest BCUT2D eigenvalue weighted by Crippen LogP contribution is -2.38. The van der Waals surface area contributed by atoms with Crippen molar-refractivity contribution < 1.29 is 74.0 Å². The Labute approximate surface area is 275 Å². The van der Waals surface area contributed by atoms with Gasteiger partial charge >= 0.3 is 36.4 Å². The number of carboxylic acid groups (broad SMARTS) is 3. The maximum Gasteiger partial charge on any atom is 0.490 e. The second kappa shape index (κ2) is 17.4. The number of halogens is 9. The number of morpholine rings is 1. The third-order valence-electron chi connectivity index (χ3n) is 6.03. The number of fused-ring (bicyclic) bond motifs is 1. The first-order valence-electron chi connectivity index (χ1n) is 13.6. The molecule has 0 radical (unpaired) electrons. The molecule has 0 spiro atoms. The summed E-state index contributed by atoms with van der Waals surface area (Å²) in [5.74, 6) is -8.27. The topological polar surface area (TPSA) is 167 Å². The van der Waals surface area contributed by atoms with Gasteiger partial charge in [-0.2, -0.15) is 39.5 Å². The van der Waals surface area contributed by atoms with Gasteiger partial charge in [0, 0.05) is 49.5 Å². The monoisotopic (exact) mass is 727 g/mol. The highest BCUT2D eigenvalue weighted by molar-refractivity contribution is 5.73. The normalized spacial score (nSPS) is 15.0. The highest BCUT2D eigenvalue weighted by Crippen LogP contribution is 2.26. The van der Waals surface area contributed by atoms with Crippen LogP contribution in [0.25, 0.3) is 16.9 Å². The second-order valence-electron chi connectivity index (χ2n) is 9.81. The van der Waals surface area contributed by atoms with Crippen molar-refractivity contribution in [3.8, 4) is 11.3 Å². The van der Waals surface area contributed by atoms with Gasteiger partial charge in [0.05, 0.1) is 23.7 Å². The van der Waals surface area contributed by atoms with E-state index in [1.54, 1.807) is 0 Å². The average Bonchev–Trinajstić information content (AvgIpc) is 3.46. The van der Waals surface area contributed by atoms with Crippen molar-refractivity contribution in [3.05, 3.63) is 84.2 Å². The predicted octanol–water partition coefficient (Wildman–Crippen LogP) is 5.57. The Bertz CT molecular complexity index is 1670. The molecule has 5 heterocycles. The van der Waals surface area contributed by atoms with Gasteiger partial charge in [-0.05, 0) is 43.3 Å². The number of hydrogen-bond donors (Lipinski definition) is 3. The highest BCUT2D eigenvalue weighted by Gasteiger charge is 2.39. The Morgan fingerprint density at radius 2 is 1.32 bits per heavy atom. The maximum absolute atomic E-state index is 10.6. The predicted molar refractivity (Wildman–Crippen MR) is 152 cm³/mol. The SMILES string of the molecule is Cc1cccc(CN2CCOC(c3cn4c(-c5ccncc5)cccc4n3)C2)n1.O=C(O)C(F)(F)F.O=C(O)C(F)(F)F.O=C(O)C(F)(F)F. The maximum atomic E-state index is 10.6. The third-order valence-corrected chi connectivity index (χ3v) is 6.03. The van der Waals surface area contributed by atoms with Crippen molar-refractivity contribution in [2.24, 2.45) is 0 Å². The molecular formula is C29H26F9N5O7. The summed E-state index contributed by atoms with van der Waals surface area (Å²) < 4.78 is 103.